The van der Waals surface area contributed by atoms with E-state index >= 15 is 0 Å². The van der Waals surface area contributed by atoms with Crippen LogP contribution in [0.5, 0.6) is 0 Å². The van der Waals surface area contributed by atoms with Gasteiger partial charge < -0.3 is 5.11 Å². The molecule has 0 amide bonds. The molecule has 5 heteroatoms. The molecular weight excluding hydrogens is 290 g/mol. The number of fused-ring (bicyclic) bond motifs is 1. The molecule has 0 radical (unpaired) electrons. The van der Waals surface area contributed by atoms with Gasteiger partial charge in [-0.3, -0.25) is 9.69 Å². The fourth-order valence-electron chi connectivity index (χ4n) is 3.03. The first kappa shape index (κ1) is 13.8. The number of rotatable bonds is 4. The van der Waals surface area contributed by atoms with Crippen molar-refractivity contribution in [2.24, 2.45) is 0 Å². The second-order valence-corrected chi connectivity index (χ2v) is 6.95. The maximum Gasteiger partial charge on any atom is 0.325 e. The van der Waals surface area contributed by atoms with Gasteiger partial charge in [-0.25, -0.2) is 0 Å². The molecule has 1 aliphatic rings. The van der Waals surface area contributed by atoms with Gasteiger partial charge in [-0.1, -0.05) is 13.0 Å². The van der Waals surface area contributed by atoms with Crippen LogP contribution >= 0.6 is 22.7 Å². The smallest absolute Gasteiger partial charge is 0.325 e. The van der Waals surface area contributed by atoms with Crippen molar-refractivity contribution >= 4 is 28.6 Å². The standard InChI is InChI=1S/C15H17NO2S2/c1-2-11(13-4-3-8-19-13)16-7-5-12-10(6-9-20-12)14(16)15(17)18/h3-4,6,8-9,11,14H,2,5,7H2,1H3,(H,17,18). The summed E-state index contributed by atoms with van der Waals surface area (Å²) >= 11 is 3.39. The number of carboxylic acid groups (broad SMARTS) is 1. The van der Waals surface area contributed by atoms with E-state index in [0.29, 0.717) is 0 Å². The number of hydrogen-bond donors (Lipinski definition) is 1. The van der Waals surface area contributed by atoms with Crippen LogP contribution in [0.25, 0.3) is 0 Å². The molecule has 0 aliphatic carbocycles. The van der Waals surface area contributed by atoms with Crippen LogP contribution in [-0.4, -0.2) is 22.5 Å². The molecule has 106 valence electrons. The van der Waals surface area contributed by atoms with Gasteiger partial charge in [0.15, 0.2) is 0 Å². The van der Waals surface area contributed by atoms with Gasteiger partial charge in [0.05, 0.1) is 0 Å². The van der Waals surface area contributed by atoms with E-state index < -0.39 is 12.0 Å². The van der Waals surface area contributed by atoms with E-state index in [0.717, 1.165) is 24.9 Å². The summed E-state index contributed by atoms with van der Waals surface area (Å²) in [6.07, 6.45) is 1.89. The van der Waals surface area contributed by atoms with Crippen molar-refractivity contribution in [1.82, 2.24) is 4.90 Å². The lowest BCUT2D eigenvalue weighted by molar-refractivity contribution is -0.145. The summed E-state index contributed by atoms with van der Waals surface area (Å²) < 4.78 is 0. The molecular formula is C15H17NO2S2. The summed E-state index contributed by atoms with van der Waals surface area (Å²) in [5, 5.41) is 13.8. The van der Waals surface area contributed by atoms with Gasteiger partial charge in [0.25, 0.3) is 0 Å². The Bertz CT molecular complexity index is 591. The van der Waals surface area contributed by atoms with E-state index in [4.69, 9.17) is 0 Å². The first-order valence-electron chi connectivity index (χ1n) is 6.80. The van der Waals surface area contributed by atoms with Crippen molar-refractivity contribution in [1.29, 1.82) is 0 Å². The molecule has 1 aliphatic heterocycles. The molecule has 2 unspecified atom stereocenters. The number of hydrogen-bond acceptors (Lipinski definition) is 4. The van der Waals surface area contributed by atoms with Gasteiger partial charge in [0.1, 0.15) is 6.04 Å². The number of carboxylic acids is 1. The van der Waals surface area contributed by atoms with E-state index in [-0.39, 0.29) is 6.04 Å². The van der Waals surface area contributed by atoms with Crippen LogP contribution in [0.2, 0.25) is 0 Å². The summed E-state index contributed by atoms with van der Waals surface area (Å²) in [5.41, 5.74) is 0.990. The van der Waals surface area contributed by atoms with Gasteiger partial charge in [-0.05, 0) is 41.3 Å². The lowest BCUT2D eigenvalue weighted by atomic mass is 9.96. The summed E-state index contributed by atoms with van der Waals surface area (Å²) in [6.45, 7) is 2.95. The summed E-state index contributed by atoms with van der Waals surface area (Å²) in [4.78, 5) is 16.4. The Morgan fingerprint density at radius 1 is 1.45 bits per heavy atom. The van der Waals surface area contributed by atoms with E-state index in [2.05, 4.69) is 23.3 Å². The maximum atomic E-state index is 11.8. The minimum Gasteiger partial charge on any atom is -0.480 e. The zero-order valence-corrected chi connectivity index (χ0v) is 12.9. The van der Waals surface area contributed by atoms with E-state index in [9.17, 15) is 9.90 Å². The molecule has 0 fully saturated rings. The Labute approximate surface area is 126 Å². The van der Waals surface area contributed by atoms with Crippen molar-refractivity contribution in [3.8, 4) is 0 Å². The van der Waals surface area contributed by atoms with Gasteiger partial charge in [-0.15, -0.1) is 22.7 Å². The van der Waals surface area contributed by atoms with E-state index in [1.165, 1.54) is 9.75 Å². The van der Waals surface area contributed by atoms with E-state index in [1.54, 1.807) is 22.7 Å². The first-order chi connectivity index (χ1) is 9.72. The van der Waals surface area contributed by atoms with Crippen LogP contribution in [0, 0.1) is 0 Å². The highest BCUT2D eigenvalue weighted by atomic mass is 32.1. The van der Waals surface area contributed by atoms with Gasteiger partial charge in [0.2, 0.25) is 0 Å². The highest BCUT2D eigenvalue weighted by molar-refractivity contribution is 7.10. The quantitative estimate of drug-likeness (QED) is 0.930. The van der Waals surface area contributed by atoms with Crippen LogP contribution in [0.3, 0.4) is 0 Å². The summed E-state index contributed by atoms with van der Waals surface area (Å²) in [7, 11) is 0. The Kier molecular flexibility index (Phi) is 3.92. The van der Waals surface area contributed by atoms with Crippen LogP contribution in [0.15, 0.2) is 29.0 Å². The minimum absolute atomic E-state index is 0.198. The second kappa shape index (κ2) is 5.68. The summed E-state index contributed by atoms with van der Waals surface area (Å²) in [6, 6.07) is 5.83. The Hall–Kier alpha value is -1.17. The molecule has 0 aromatic carbocycles. The fraction of sp³-hybridized carbons (Fsp3) is 0.400. The van der Waals surface area contributed by atoms with Crippen molar-refractivity contribution in [3.63, 3.8) is 0 Å². The molecule has 3 nitrogen and oxygen atoms in total. The SMILES string of the molecule is CCC(c1cccs1)N1CCc2sccc2C1C(=O)O. The molecule has 3 rings (SSSR count). The normalized spacial score (nSPS) is 20.6. The molecule has 2 atom stereocenters. The van der Waals surface area contributed by atoms with Gasteiger partial charge >= 0.3 is 5.97 Å². The van der Waals surface area contributed by atoms with Gasteiger partial charge in [-0.2, -0.15) is 0 Å². The molecule has 3 heterocycles. The number of thiophene rings is 2. The van der Waals surface area contributed by atoms with Crippen molar-refractivity contribution in [2.75, 3.05) is 6.54 Å². The third-order valence-corrected chi connectivity index (χ3v) is 5.87. The lowest BCUT2D eigenvalue weighted by Crippen LogP contribution is -2.41. The highest BCUT2D eigenvalue weighted by Gasteiger charge is 2.37. The Morgan fingerprint density at radius 2 is 2.30 bits per heavy atom. The lowest BCUT2D eigenvalue weighted by Gasteiger charge is -2.38. The first-order valence-corrected chi connectivity index (χ1v) is 8.56. The molecule has 0 spiro atoms. The fourth-order valence-corrected chi connectivity index (χ4v) is 4.86. The third kappa shape index (κ3) is 2.30. The molecule has 2 aromatic rings. The minimum atomic E-state index is -0.737. The highest BCUT2D eigenvalue weighted by Crippen LogP contribution is 2.40. The zero-order valence-electron chi connectivity index (χ0n) is 11.3. The number of nitrogens with zero attached hydrogens (tertiary/aromatic N) is 1. The van der Waals surface area contributed by atoms with Gasteiger partial charge in [0, 0.05) is 22.3 Å². The molecule has 0 saturated heterocycles. The van der Waals surface area contributed by atoms with E-state index in [1.807, 2.05) is 17.5 Å². The topological polar surface area (TPSA) is 40.5 Å². The molecule has 2 aromatic heterocycles. The Balaban J connectivity index is 1.98. The number of aliphatic carboxylic acids is 1. The van der Waals surface area contributed by atoms with Crippen LogP contribution in [0.4, 0.5) is 0 Å². The van der Waals surface area contributed by atoms with Crippen molar-refractivity contribution in [3.05, 3.63) is 44.3 Å². The maximum absolute atomic E-state index is 11.8. The van der Waals surface area contributed by atoms with Crippen LogP contribution in [-0.2, 0) is 11.2 Å². The molecule has 20 heavy (non-hydrogen) atoms. The predicted molar refractivity (Wildman–Crippen MR) is 82.5 cm³/mol. The monoisotopic (exact) mass is 307 g/mol. The molecule has 0 saturated carbocycles. The second-order valence-electron chi connectivity index (χ2n) is 4.97. The molecule has 0 bridgehead atoms. The van der Waals surface area contributed by atoms with Crippen LogP contribution < -0.4 is 0 Å². The zero-order chi connectivity index (χ0) is 14.1. The average Bonchev–Trinajstić information content (AvgIpc) is 3.09. The average molecular weight is 307 g/mol. The number of carbonyl (C=O) groups is 1. The van der Waals surface area contributed by atoms with Crippen molar-refractivity contribution < 1.29 is 9.90 Å². The predicted octanol–water partition coefficient (Wildman–Crippen LogP) is 3.94. The molecule has 1 N–H and O–H groups in total. The third-order valence-electron chi connectivity index (χ3n) is 3.90. The Morgan fingerprint density at radius 3 is 2.95 bits per heavy atom. The largest absolute Gasteiger partial charge is 0.480 e. The summed E-state index contributed by atoms with van der Waals surface area (Å²) in [5.74, 6) is -0.737. The van der Waals surface area contributed by atoms with Crippen molar-refractivity contribution in [2.45, 2.75) is 31.8 Å². The van der Waals surface area contributed by atoms with Crippen LogP contribution in [0.1, 0.15) is 40.7 Å².